The van der Waals surface area contributed by atoms with Crippen LogP contribution in [0.1, 0.15) is 103 Å². The van der Waals surface area contributed by atoms with E-state index in [1.54, 1.807) is 0 Å². The Kier molecular flexibility index (Phi) is 12.5. The maximum Gasteiger partial charge on any atom is 0.324 e. The molecule has 40 heavy (non-hydrogen) atoms. The van der Waals surface area contributed by atoms with Crippen LogP contribution in [-0.2, 0) is 9.59 Å². The lowest BCUT2D eigenvalue weighted by atomic mass is 10.1. The highest BCUT2D eigenvalue weighted by atomic mass is 16.2. The van der Waals surface area contributed by atoms with Gasteiger partial charge in [-0.2, -0.15) is 0 Å². The monoisotopic (exact) mass is 560 g/mol. The zero-order valence-corrected chi connectivity index (χ0v) is 24.5. The van der Waals surface area contributed by atoms with Crippen molar-refractivity contribution in [3.05, 3.63) is 0 Å². The molecule has 0 bridgehead atoms. The Morgan fingerprint density at radius 1 is 0.475 bits per heavy atom. The molecule has 10 nitrogen and oxygen atoms in total. The third-order valence-electron chi connectivity index (χ3n) is 9.01. The summed E-state index contributed by atoms with van der Waals surface area (Å²) in [4.78, 5) is 57.3. The Morgan fingerprint density at radius 2 is 0.800 bits per heavy atom. The number of carbonyl (C=O) groups is 4. The van der Waals surface area contributed by atoms with E-state index < -0.39 is 0 Å². The Balaban J connectivity index is 0.960. The van der Waals surface area contributed by atoms with Crippen molar-refractivity contribution >= 4 is 23.9 Å². The molecule has 6 amide bonds. The van der Waals surface area contributed by atoms with Gasteiger partial charge in [0.05, 0.1) is 0 Å². The van der Waals surface area contributed by atoms with E-state index in [1.165, 1.54) is 74.0 Å². The molecule has 0 radical (unpaired) electrons. The number of imide groups is 2. The van der Waals surface area contributed by atoms with Crippen LogP contribution in [0.2, 0.25) is 0 Å². The number of carbonyl (C=O) groups excluding carboxylic acids is 4. The van der Waals surface area contributed by atoms with Crippen molar-refractivity contribution in [2.45, 2.75) is 115 Å². The van der Waals surface area contributed by atoms with Crippen LogP contribution >= 0.6 is 0 Å². The third kappa shape index (κ3) is 9.16. The highest BCUT2D eigenvalue weighted by Gasteiger charge is 2.39. The molecule has 4 rings (SSSR count). The number of likely N-dealkylation sites (tertiary alicyclic amines) is 2. The van der Waals surface area contributed by atoms with E-state index >= 15 is 0 Å². The van der Waals surface area contributed by atoms with Crippen LogP contribution in [0.4, 0.5) is 9.59 Å². The Hall–Kier alpha value is -2.20. The van der Waals surface area contributed by atoms with Gasteiger partial charge in [0.2, 0.25) is 0 Å². The van der Waals surface area contributed by atoms with E-state index in [4.69, 9.17) is 0 Å². The predicted molar refractivity (Wildman–Crippen MR) is 155 cm³/mol. The van der Waals surface area contributed by atoms with Crippen molar-refractivity contribution in [2.24, 2.45) is 0 Å². The average Bonchev–Trinajstić information content (AvgIpc) is 3.38. The van der Waals surface area contributed by atoms with Crippen LogP contribution in [0.15, 0.2) is 0 Å². The van der Waals surface area contributed by atoms with Crippen molar-refractivity contribution in [1.29, 1.82) is 0 Å². The van der Waals surface area contributed by atoms with Gasteiger partial charge in [-0.25, -0.2) is 9.59 Å². The molecule has 10 heteroatoms. The lowest BCUT2D eigenvalue weighted by molar-refractivity contribution is -0.128. The Morgan fingerprint density at radius 3 is 1.15 bits per heavy atom. The first-order chi connectivity index (χ1) is 19.5. The molecule has 2 N–H and O–H groups in total. The largest absolute Gasteiger partial charge is 0.324 e. The fourth-order valence-corrected chi connectivity index (χ4v) is 6.58. The number of nitrogens with zero attached hydrogens (tertiary/aromatic N) is 4. The minimum atomic E-state index is -0.375. The van der Waals surface area contributed by atoms with Crippen molar-refractivity contribution < 1.29 is 19.2 Å². The molecule has 2 atom stereocenters. The normalized spacial score (nSPS) is 24.7. The fraction of sp³-hybridized carbons (Fsp3) is 0.867. The lowest BCUT2D eigenvalue weighted by Gasteiger charge is -2.28. The van der Waals surface area contributed by atoms with Crippen LogP contribution < -0.4 is 10.6 Å². The molecule has 4 fully saturated rings. The highest BCUT2D eigenvalue weighted by molar-refractivity contribution is 6.04. The lowest BCUT2D eigenvalue weighted by Crippen LogP contribution is -2.44. The van der Waals surface area contributed by atoms with E-state index in [2.05, 4.69) is 20.4 Å². The molecule has 0 spiro atoms. The molecule has 4 heterocycles. The standard InChI is InChI=1S/C30H52N6O4/c37-27-25(23-33-17-11-9-12-18-33)31-29(39)35(27)21-15-7-5-3-1-2-4-6-8-16-22-36-28(38)26(32-30(36)40)24-34-19-13-10-14-20-34/h25-26H,1-24H2,(H,31,39)(H,32,40). The van der Waals surface area contributed by atoms with E-state index in [0.29, 0.717) is 26.2 Å². The van der Waals surface area contributed by atoms with Gasteiger partial charge in [-0.1, -0.05) is 64.2 Å². The fourth-order valence-electron chi connectivity index (χ4n) is 6.58. The number of unbranched alkanes of at least 4 members (excludes halogenated alkanes) is 9. The molecule has 0 aliphatic carbocycles. The van der Waals surface area contributed by atoms with Crippen LogP contribution in [0.3, 0.4) is 0 Å². The summed E-state index contributed by atoms with van der Waals surface area (Å²) in [5.41, 5.74) is 0. The maximum absolute atomic E-state index is 12.7. The highest BCUT2D eigenvalue weighted by Crippen LogP contribution is 2.17. The summed E-state index contributed by atoms with van der Waals surface area (Å²) in [5, 5.41) is 5.77. The first-order valence-corrected chi connectivity index (χ1v) is 16.2. The molecule has 0 aromatic rings. The molecular weight excluding hydrogens is 508 g/mol. The smallest absolute Gasteiger partial charge is 0.324 e. The second kappa shape index (κ2) is 16.3. The summed E-state index contributed by atoms with van der Waals surface area (Å²) in [5.74, 6) is -0.106. The van der Waals surface area contributed by atoms with Gasteiger partial charge >= 0.3 is 12.1 Å². The van der Waals surface area contributed by atoms with Crippen LogP contribution in [-0.4, -0.2) is 108 Å². The van der Waals surface area contributed by atoms with Crippen LogP contribution in [0.25, 0.3) is 0 Å². The third-order valence-corrected chi connectivity index (χ3v) is 9.01. The van der Waals surface area contributed by atoms with Gasteiger partial charge in [-0.15, -0.1) is 0 Å². The van der Waals surface area contributed by atoms with Gasteiger partial charge in [-0.3, -0.25) is 19.4 Å². The summed E-state index contributed by atoms with van der Waals surface area (Å²) in [6.07, 6.45) is 18.1. The van der Waals surface area contributed by atoms with Crippen LogP contribution in [0.5, 0.6) is 0 Å². The van der Waals surface area contributed by atoms with E-state index in [0.717, 1.165) is 64.7 Å². The number of nitrogens with one attached hydrogen (secondary N) is 2. The van der Waals surface area contributed by atoms with Crippen LogP contribution in [0, 0.1) is 0 Å². The number of amides is 6. The minimum Gasteiger partial charge on any atom is -0.324 e. The summed E-state index contributed by atoms with van der Waals surface area (Å²) < 4.78 is 0. The van der Waals surface area contributed by atoms with Crippen molar-refractivity contribution in [3.63, 3.8) is 0 Å². The SMILES string of the molecule is O=C1NC(CN2CCCCC2)C(=O)N1CCCCCCCCCCCCN1C(=O)NC(CN2CCCCC2)C1=O. The Bertz CT molecular complexity index is 774. The van der Waals surface area contributed by atoms with E-state index in [1.807, 2.05) is 0 Å². The summed E-state index contributed by atoms with van der Waals surface area (Å²) in [7, 11) is 0. The molecule has 226 valence electrons. The van der Waals surface area contributed by atoms with Crippen molar-refractivity contribution in [3.8, 4) is 0 Å². The maximum atomic E-state index is 12.7. The van der Waals surface area contributed by atoms with Gasteiger partial charge in [0.25, 0.3) is 11.8 Å². The van der Waals surface area contributed by atoms with Crippen molar-refractivity contribution in [1.82, 2.24) is 30.2 Å². The second-order valence-corrected chi connectivity index (χ2v) is 12.2. The molecule has 0 aromatic heterocycles. The predicted octanol–water partition coefficient (Wildman–Crippen LogP) is 3.70. The first-order valence-electron chi connectivity index (χ1n) is 16.2. The Labute approximate surface area is 240 Å². The summed E-state index contributed by atoms with van der Waals surface area (Å²) in [6.45, 7) is 6.44. The first kappa shape index (κ1) is 30.8. The zero-order valence-electron chi connectivity index (χ0n) is 24.5. The molecule has 4 aliphatic rings. The van der Waals surface area contributed by atoms with Gasteiger partial charge < -0.3 is 20.4 Å². The average molecular weight is 561 g/mol. The molecule has 0 saturated carbocycles. The topological polar surface area (TPSA) is 105 Å². The second-order valence-electron chi connectivity index (χ2n) is 12.2. The quantitative estimate of drug-likeness (QED) is 0.208. The number of hydrogen-bond donors (Lipinski definition) is 2. The number of rotatable bonds is 17. The molecule has 4 saturated heterocycles. The summed E-state index contributed by atoms with van der Waals surface area (Å²) in [6, 6.07) is -1.20. The molecular formula is C30H52N6O4. The van der Waals surface area contributed by atoms with Gasteiger partial charge in [0.1, 0.15) is 12.1 Å². The van der Waals surface area contributed by atoms with E-state index in [-0.39, 0.29) is 36.0 Å². The number of piperidine rings is 2. The molecule has 4 aliphatic heterocycles. The number of hydrogen-bond acceptors (Lipinski definition) is 6. The zero-order chi connectivity index (χ0) is 28.2. The summed E-state index contributed by atoms with van der Waals surface area (Å²) >= 11 is 0. The van der Waals surface area contributed by atoms with Gasteiger partial charge in [-0.05, 0) is 64.7 Å². The molecule has 0 aromatic carbocycles. The van der Waals surface area contributed by atoms with Gasteiger partial charge in [0, 0.05) is 26.2 Å². The minimum absolute atomic E-state index is 0.0532. The van der Waals surface area contributed by atoms with E-state index in [9.17, 15) is 19.2 Å². The van der Waals surface area contributed by atoms with Crippen molar-refractivity contribution in [2.75, 3.05) is 52.4 Å². The number of urea groups is 2. The van der Waals surface area contributed by atoms with Gasteiger partial charge in [0.15, 0.2) is 0 Å². The molecule has 2 unspecified atom stereocenters.